The third-order valence-electron chi connectivity index (χ3n) is 3.93. The molecule has 0 bridgehead atoms. The maximum Gasteiger partial charge on any atom is 0.222 e. The number of aromatic nitrogens is 4. The zero-order valence-electron chi connectivity index (χ0n) is 13.6. The summed E-state index contributed by atoms with van der Waals surface area (Å²) in [5, 5.41) is 0. The second-order valence-electron chi connectivity index (χ2n) is 5.53. The zero-order valence-corrected chi connectivity index (χ0v) is 17.3. The molecule has 0 amide bonds. The summed E-state index contributed by atoms with van der Waals surface area (Å²) in [5.74, 6) is 1.18. The van der Waals surface area contributed by atoms with Crippen molar-refractivity contribution >= 4 is 55.6 Å². The molecule has 24 heavy (non-hydrogen) atoms. The van der Waals surface area contributed by atoms with Gasteiger partial charge in [-0.05, 0) is 31.0 Å². The van der Waals surface area contributed by atoms with Crippen molar-refractivity contribution in [3.05, 3.63) is 39.3 Å². The van der Waals surface area contributed by atoms with E-state index >= 15 is 0 Å². The van der Waals surface area contributed by atoms with Crippen LogP contribution in [0.1, 0.15) is 22.4 Å². The van der Waals surface area contributed by atoms with Crippen LogP contribution in [0.4, 0.5) is 5.95 Å². The Bertz CT molecular complexity index is 925. The summed E-state index contributed by atoms with van der Waals surface area (Å²) < 4.78 is 9.24. The van der Waals surface area contributed by atoms with Crippen LogP contribution < -0.4 is 10.5 Å². The third-order valence-corrected chi connectivity index (χ3v) is 5.75. The number of halogens is 2. The molecule has 0 spiro atoms. The quantitative estimate of drug-likeness (QED) is 0.434. The number of alkyl halides is 1. The number of aryl methyl sites for hydroxylation is 1. The standard InChI is InChI=1S/C16H17BrIN5O/c1-8-4-10(12(17)9(2)14(8)24-3)6-23-7-20-13-11(5-18)21-16(19)22-15(13)23/h4,7H,5-6H2,1-3H3,(H2,19,21,22). The second kappa shape index (κ2) is 6.83. The van der Waals surface area contributed by atoms with Gasteiger partial charge in [-0.1, -0.05) is 38.5 Å². The largest absolute Gasteiger partial charge is 0.496 e. The van der Waals surface area contributed by atoms with Gasteiger partial charge < -0.3 is 15.0 Å². The van der Waals surface area contributed by atoms with Crippen LogP contribution >= 0.6 is 38.5 Å². The van der Waals surface area contributed by atoms with Crippen molar-refractivity contribution in [1.29, 1.82) is 0 Å². The fourth-order valence-corrected chi connectivity index (χ4v) is 3.82. The molecule has 8 heteroatoms. The number of hydrogen-bond donors (Lipinski definition) is 1. The van der Waals surface area contributed by atoms with Crippen LogP contribution in [0.25, 0.3) is 11.2 Å². The Hall–Kier alpha value is -1.42. The zero-order chi connectivity index (χ0) is 17.4. The Morgan fingerprint density at radius 1 is 1.33 bits per heavy atom. The van der Waals surface area contributed by atoms with E-state index in [9.17, 15) is 0 Å². The fraction of sp³-hybridized carbons (Fsp3) is 0.312. The molecule has 0 aliphatic carbocycles. The normalized spacial score (nSPS) is 11.2. The number of nitrogens with two attached hydrogens (primary N) is 1. The topological polar surface area (TPSA) is 78.8 Å². The molecule has 0 fully saturated rings. The summed E-state index contributed by atoms with van der Waals surface area (Å²) >= 11 is 5.94. The minimum absolute atomic E-state index is 0.275. The van der Waals surface area contributed by atoms with Gasteiger partial charge in [0.05, 0.1) is 25.7 Å². The molecule has 0 aliphatic heterocycles. The first-order valence-corrected chi connectivity index (χ1v) is 9.63. The lowest BCUT2D eigenvalue weighted by Gasteiger charge is -2.15. The van der Waals surface area contributed by atoms with Gasteiger partial charge in [-0.2, -0.15) is 4.98 Å². The highest BCUT2D eigenvalue weighted by Gasteiger charge is 2.15. The summed E-state index contributed by atoms with van der Waals surface area (Å²) in [5.41, 5.74) is 11.6. The molecular formula is C16H17BrIN5O. The van der Waals surface area contributed by atoms with Crippen LogP contribution in [0.2, 0.25) is 0 Å². The van der Waals surface area contributed by atoms with E-state index in [4.69, 9.17) is 10.5 Å². The number of fused-ring (bicyclic) bond motifs is 1. The van der Waals surface area contributed by atoms with Crippen molar-refractivity contribution in [3.8, 4) is 5.75 Å². The summed E-state index contributed by atoms with van der Waals surface area (Å²) in [4.78, 5) is 13.1. The molecule has 2 aromatic heterocycles. The molecule has 2 N–H and O–H groups in total. The number of nitrogen functional groups attached to an aromatic ring is 1. The van der Waals surface area contributed by atoms with Crippen LogP contribution in [0.5, 0.6) is 5.75 Å². The molecule has 0 atom stereocenters. The van der Waals surface area contributed by atoms with E-state index in [0.29, 0.717) is 6.54 Å². The van der Waals surface area contributed by atoms with Crippen molar-refractivity contribution in [3.63, 3.8) is 0 Å². The smallest absolute Gasteiger partial charge is 0.222 e. The SMILES string of the molecule is COc1c(C)cc(Cn2cnc3c(CI)nc(N)nc32)c(Br)c1C. The molecule has 6 nitrogen and oxygen atoms in total. The Morgan fingerprint density at radius 3 is 2.75 bits per heavy atom. The number of imidazole rings is 1. The molecule has 0 saturated heterocycles. The number of ether oxygens (including phenoxy) is 1. The average Bonchev–Trinajstić information content (AvgIpc) is 2.95. The lowest BCUT2D eigenvalue weighted by atomic mass is 10.1. The van der Waals surface area contributed by atoms with E-state index in [1.165, 1.54) is 0 Å². The summed E-state index contributed by atoms with van der Waals surface area (Å²) in [7, 11) is 1.69. The predicted octanol–water partition coefficient (Wildman–Crippen LogP) is 3.78. The maximum absolute atomic E-state index is 5.85. The Kier molecular flexibility index (Phi) is 4.95. The van der Waals surface area contributed by atoms with E-state index in [1.807, 2.05) is 18.4 Å². The number of methoxy groups -OCH3 is 1. The minimum atomic E-state index is 0.275. The molecule has 3 aromatic rings. The third kappa shape index (κ3) is 2.97. The van der Waals surface area contributed by atoms with Crippen LogP contribution in [-0.4, -0.2) is 26.6 Å². The van der Waals surface area contributed by atoms with Crippen LogP contribution in [0.3, 0.4) is 0 Å². The number of rotatable bonds is 4. The molecule has 3 rings (SSSR count). The molecule has 0 radical (unpaired) electrons. The van der Waals surface area contributed by atoms with Crippen LogP contribution in [-0.2, 0) is 11.0 Å². The van der Waals surface area contributed by atoms with E-state index in [1.54, 1.807) is 13.4 Å². The summed E-state index contributed by atoms with van der Waals surface area (Å²) in [6, 6.07) is 2.12. The number of hydrogen-bond acceptors (Lipinski definition) is 5. The molecule has 0 unspecified atom stereocenters. The van der Waals surface area contributed by atoms with E-state index in [0.717, 1.165) is 48.2 Å². The average molecular weight is 502 g/mol. The molecule has 2 heterocycles. The van der Waals surface area contributed by atoms with E-state index in [2.05, 4.69) is 59.5 Å². The first kappa shape index (κ1) is 17.4. The molecule has 126 valence electrons. The highest BCUT2D eigenvalue weighted by atomic mass is 127. The van der Waals surface area contributed by atoms with Crippen molar-refractivity contribution in [2.75, 3.05) is 12.8 Å². The number of anilines is 1. The van der Waals surface area contributed by atoms with Gasteiger partial charge >= 0.3 is 0 Å². The van der Waals surface area contributed by atoms with Crippen molar-refractivity contribution in [1.82, 2.24) is 19.5 Å². The van der Waals surface area contributed by atoms with Crippen molar-refractivity contribution in [2.24, 2.45) is 0 Å². The van der Waals surface area contributed by atoms with E-state index < -0.39 is 0 Å². The van der Waals surface area contributed by atoms with Gasteiger partial charge in [-0.3, -0.25) is 0 Å². The highest BCUT2D eigenvalue weighted by molar-refractivity contribution is 14.1. The first-order valence-electron chi connectivity index (χ1n) is 7.32. The van der Waals surface area contributed by atoms with Gasteiger partial charge in [-0.15, -0.1) is 0 Å². The minimum Gasteiger partial charge on any atom is -0.496 e. The second-order valence-corrected chi connectivity index (χ2v) is 7.09. The fourth-order valence-electron chi connectivity index (χ4n) is 2.87. The predicted molar refractivity (Wildman–Crippen MR) is 107 cm³/mol. The Balaban J connectivity index is 2.10. The summed E-state index contributed by atoms with van der Waals surface area (Å²) in [6.45, 7) is 4.72. The maximum atomic E-state index is 5.85. The number of nitrogens with zero attached hydrogens (tertiary/aromatic N) is 4. The van der Waals surface area contributed by atoms with Crippen molar-refractivity contribution in [2.45, 2.75) is 24.8 Å². The monoisotopic (exact) mass is 501 g/mol. The number of benzene rings is 1. The van der Waals surface area contributed by atoms with Crippen LogP contribution in [0.15, 0.2) is 16.9 Å². The highest BCUT2D eigenvalue weighted by Crippen LogP contribution is 2.33. The van der Waals surface area contributed by atoms with Gasteiger partial charge in [0.2, 0.25) is 5.95 Å². The first-order chi connectivity index (χ1) is 11.5. The molecule has 0 saturated carbocycles. The summed E-state index contributed by atoms with van der Waals surface area (Å²) in [6.07, 6.45) is 1.79. The van der Waals surface area contributed by atoms with Gasteiger partial charge in [0.1, 0.15) is 11.3 Å². The van der Waals surface area contributed by atoms with Gasteiger partial charge in [-0.25, -0.2) is 9.97 Å². The lowest BCUT2D eigenvalue weighted by molar-refractivity contribution is 0.408. The van der Waals surface area contributed by atoms with Gasteiger partial charge in [0, 0.05) is 14.5 Å². The molecule has 0 aliphatic rings. The van der Waals surface area contributed by atoms with E-state index in [-0.39, 0.29) is 5.95 Å². The van der Waals surface area contributed by atoms with Gasteiger partial charge in [0.25, 0.3) is 0 Å². The molecular weight excluding hydrogens is 485 g/mol. The Morgan fingerprint density at radius 2 is 2.08 bits per heavy atom. The lowest BCUT2D eigenvalue weighted by Crippen LogP contribution is -2.05. The van der Waals surface area contributed by atoms with Gasteiger partial charge in [0.15, 0.2) is 5.65 Å². The Labute approximate surface area is 162 Å². The molecule has 1 aromatic carbocycles. The van der Waals surface area contributed by atoms with Crippen LogP contribution in [0, 0.1) is 13.8 Å². The van der Waals surface area contributed by atoms with Crippen molar-refractivity contribution < 1.29 is 4.74 Å².